The number of alkyl halides is 3. The number of hydrazine groups is 1. The van der Waals surface area contributed by atoms with Gasteiger partial charge in [-0.1, -0.05) is 17.7 Å². The van der Waals surface area contributed by atoms with E-state index >= 15 is 0 Å². The van der Waals surface area contributed by atoms with Crippen LogP contribution in [-0.4, -0.2) is 37.6 Å². The summed E-state index contributed by atoms with van der Waals surface area (Å²) in [7, 11) is 0. The summed E-state index contributed by atoms with van der Waals surface area (Å²) < 4.78 is 39.5. The number of anilines is 4. The van der Waals surface area contributed by atoms with Crippen LogP contribution in [0.25, 0.3) is 0 Å². The van der Waals surface area contributed by atoms with Crippen LogP contribution in [0.4, 0.5) is 41.0 Å². The van der Waals surface area contributed by atoms with Gasteiger partial charge in [-0.2, -0.15) is 23.1 Å². The molecule has 39 heavy (non-hydrogen) atoms. The molecule has 14 heteroatoms. The minimum atomic E-state index is -4.68. The molecule has 2 aromatic carbocycles. The summed E-state index contributed by atoms with van der Waals surface area (Å²) in [4.78, 5) is 38.0. The minimum absolute atomic E-state index is 0.0979. The maximum Gasteiger partial charge on any atom is 0.417 e. The predicted octanol–water partition coefficient (Wildman–Crippen LogP) is 5.18. The maximum absolute atomic E-state index is 13.2. The Balaban J connectivity index is 1.38. The zero-order valence-corrected chi connectivity index (χ0v) is 21.5. The third kappa shape index (κ3) is 5.19. The van der Waals surface area contributed by atoms with E-state index in [-0.39, 0.29) is 23.8 Å². The highest BCUT2D eigenvalue weighted by Crippen LogP contribution is 2.45. The molecule has 1 fully saturated rings. The topological polar surface area (TPSA) is 132 Å². The van der Waals surface area contributed by atoms with E-state index in [0.717, 1.165) is 17.7 Å². The molecule has 204 valence electrons. The molecule has 3 aromatic rings. The maximum atomic E-state index is 13.2. The number of rotatable bonds is 4. The molecular formula is C25H23ClF3N7O3. The molecular weight excluding hydrogens is 539 g/mol. The average Bonchev–Trinajstić information content (AvgIpc) is 2.83. The van der Waals surface area contributed by atoms with Crippen LogP contribution in [0.15, 0.2) is 36.4 Å². The predicted molar refractivity (Wildman–Crippen MR) is 137 cm³/mol. The number of nitrogens with one attached hydrogen (secondary N) is 3. The van der Waals surface area contributed by atoms with Crippen molar-refractivity contribution in [3.05, 3.63) is 64.2 Å². The highest BCUT2D eigenvalue weighted by atomic mass is 35.5. The summed E-state index contributed by atoms with van der Waals surface area (Å²) in [6.07, 6.45) is -4.16. The summed E-state index contributed by atoms with van der Waals surface area (Å²) in [5.41, 5.74) is 1.78. The van der Waals surface area contributed by atoms with Crippen molar-refractivity contribution < 1.29 is 27.9 Å². The van der Waals surface area contributed by atoms with E-state index in [0.29, 0.717) is 35.9 Å². The molecule has 10 nitrogen and oxygen atoms in total. The third-order valence-electron chi connectivity index (χ3n) is 6.64. The molecule has 2 heterocycles. The lowest BCUT2D eigenvalue weighted by molar-refractivity contribution is -0.137. The van der Waals surface area contributed by atoms with Gasteiger partial charge < -0.3 is 15.7 Å². The summed E-state index contributed by atoms with van der Waals surface area (Å²) >= 11 is 5.64. The number of urea groups is 1. The first kappa shape index (κ1) is 26.6. The van der Waals surface area contributed by atoms with Crippen LogP contribution in [0, 0.1) is 13.8 Å². The zero-order valence-electron chi connectivity index (χ0n) is 20.7. The van der Waals surface area contributed by atoms with Crippen molar-refractivity contribution >= 4 is 46.4 Å². The molecule has 2 atom stereocenters. The molecule has 1 aliphatic heterocycles. The van der Waals surface area contributed by atoms with Gasteiger partial charge in [0.05, 0.1) is 28.6 Å². The quantitative estimate of drug-likeness (QED) is 0.343. The molecule has 0 saturated heterocycles. The molecule has 0 spiro atoms. The smallest absolute Gasteiger partial charge is 0.368 e. The zero-order chi connectivity index (χ0) is 28.1. The number of fused-ring (bicyclic) bond motifs is 4. The molecule has 5 rings (SSSR count). The molecule has 1 aromatic heterocycles. The van der Waals surface area contributed by atoms with Gasteiger partial charge in [-0.3, -0.25) is 10.2 Å². The number of amides is 2. The van der Waals surface area contributed by atoms with Crippen molar-refractivity contribution in [2.75, 3.05) is 21.1 Å². The number of benzene rings is 2. The number of hydrogen-bond acceptors (Lipinski definition) is 8. The number of carbonyl (C=O) groups is 2. The molecule has 2 aliphatic rings. The molecule has 4 N–H and O–H groups in total. The number of aromatic nitrogens is 3. The van der Waals surface area contributed by atoms with Crippen molar-refractivity contribution in [2.24, 2.45) is 0 Å². The van der Waals surface area contributed by atoms with E-state index < -0.39 is 34.4 Å². The van der Waals surface area contributed by atoms with E-state index in [1.807, 2.05) is 0 Å². The first-order valence-corrected chi connectivity index (χ1v) is 12.3. The molecule has 1 saturated carbocycles. The lowest BCUT2D eigenvalue weighted by Gasteiger charge is -2.48. The normalized spacial score (nSPS) is 20.3. The third-order valence-corrected chi connectivity index (χ3v) is 6.97. The Morgan fingerprint density at radius 2 is 1.79 bits per heavy atom. The number of ketones is 1. The first-order chi connectivity index (χ1) is 18.3. The van der Waals surface area contributed by atoms with Gasteiger partial charge in [-0.05, 0) is 56.2 Å². The van der Waals surface area contributed by atoms with Crippen LogP contribution in [0.2, 0.25) is 5.02 Å². The Labute approximate surface area is 225 Å². The van der Waals surface area contributed by atoms with Crippen LogP contribution in [-0.2, 0) is 11.0 Å². The number of halogens is 4. The van der Waals surface area contributed by atoms with Crippen LogP contribution in [0.1, 0.15) is 48.0 Å². The fourth-order valence-corrected chi connectivity index (χ4v) is 4.95. The van der Waals surface area contributed by atoms with Crippen LogP contribution >= 0.6 is 11.6 Å². The van der Waals surface area contributed by atoms with Gasteiger partial charge >= 0.3 is 12.2 Å². The standard InChI is InChI=1S/C25H23ClF3N7O3/c1-12-3-4-15(33-23(38)32-14-5-8-19(26)18(9-14)25(27,28)29)10-20(12)35-36-22-31-13(2)30-21(34-22)17-7-6-16(37)11-24(17,36)39/h3-5,8-10,17,35,39H,6-7,11H2,1-2H3,(H2,32,33,38). The summed E-state index contributed by atoms with van der Waals surface area (Å²) in [5, 5.41) is 17.5. The van der Waals surface area contributed by atoms with Crippen molar-refractivity contribution in [3.8, 4) is 0 Å². The van der Waals surface area contributed by atoms with Gasteiger partial charge in [0.25, 0.3) is 5.95 Å². The molecule has 2 bridgehead atoms. The number of nitrogens with zero attached hydrogens (tertiary/aromatic N) is 4. The highest BCUT2D eigenvalue weighted by Gasteiger charge is 2.53. The van der Waals surface area contributed by atoms with Gasteiger partial charge in [0.1, 0.15) is 17.4 Å². The van der Waals surface area contributed by atoms with Crippen molar-refractivity contribution in [3.63, 3.8) is 0 Å². The Hall–Kier alpha value is -3.97. The van der Waals surface area contributed by atoms with E-state index in [2.05, 4.69) is 31.0 Å². The number of hydrogen-bond donors (Lipinski definition) is 4. The average molecular weight is 562 g/mol. The van der Waals surface area contributed by atoms with E-state index in [1.54, 1.807) is 32.0 Å². The van der Waals surface area contributed by atoms with Gasteiger partial charge in [-0.15, -0.1) is 0 Å². The summed E-state index contributed by atoms with van der Waals surface area (Å²) in [6.45, 7) is 3.50. The second-order valence-corrected chi connectivity index (χ2v) is 9.88. The summed E-state index contributed by atoms with van der Waals surface area (Å²) in [6, 6.07) is 7.14. The monoisotopic (exact) mass is 561 g/mol. The van der Waals surface area contributed by atoms with Crippen LogP contribution in [0.5, 0.6) is 0 Å². The summed E-state index contributed by atoms with van der Waals surface area (Å²) in [5.74, 6) is 0.391. The Kier molecular flexibility index (Phi) is 6.59. The molecule has 0 radical (unpaired) electrons. The molecule has 1 aliphatic carbocycles. The fraction of sp³-hybridized carbons (Fsp3) is 0.320. The number of aliphatic hydroxyl groups is 1. The van der Waals surface area contributed by atoms with Gasteiger partial charge in [0, 0.05) is 17.8 Å². The lowest BCUT2D eigenvalue weighted by atomic mass is 9.78. The van der Waals surface area contributed by atoms with E-state index in [4.69, 9.17) is 11.6 Å². The Morgan fingerprint density at radius 1 is 1.10 bits per heavy atom. The largest absolute Gasteiger partial charge is 0.417 e. The van der Waals surface area contributed by atoms with Gasteiger partial charge in [0.15, 0.2) is 5.72 Å². The number of Topliss-reactive ketones (excluding diaryl/α,β-unsaturated/α-hetero) is 1. The second kappa shape index (κ2) is 9.65. The fourth-order valence-electron chi connectivity index (χ4n) is 4.73. The first-order valence-electron chi connectivity index (χ1n) is 11.9. The van der Waals surface area contributed by atoms with E-state index in [1.165, 1.54) is 11.1 Å². The highest BCUT2D eigenvalue weighted by molar-refractivity contribution is 6.31. The van der Waals surface area contributed by atoms with Crippen LogP contribution < -0.4 is 21.1 Å². The second-order valence-electron chi connectivity index (χ2n) is 9.47. The molecule has 2 unspecified atom stereocenters. The van der Waals surface area contributed by atoms with E-state index in [9.17, 15) is 27.9 Å². The van der Waals surface area contributed by atoms with Gasteiger partial charge in [-0.25, -0.2) is 14.8 Å². The van der Waals surface area contributed by atoms with Gasteiger partial charge in [0.2, 0.25) is 0 Å². The lowest BCUT2D eigenvalue weighted by Crippen LogP contribution is -2.61. The SMILES string of the molecule is Cc1nc2nc(n1)N(Nc1cc(NC(=O)Nc3ccc(Cl)c(C(F)(F)F)c3)ccc1C)C1(O)CC(=O)CCC21. The molecule has 2 amide bonds. The minimum Gasteiger partial charge on any atom is -0.368 e. The van der Waals surface area contributed by atoms with Crippen molar-refractivity contribution in [1.29, 1.82) is 0 Å². The van der Waals surface area contributed by atoms with Crippen LogP contribution in [0.3, 0.4) is 0 Å². The van der Waals surface area contributed by atoms with Crippen molar-refractivity contribution in [1.82, 2.24) is 15.0 Å². The Morgan fingerprint density at radius 3 is 2.51 bits per heavy atom. The number of aryl methyl sites for hydroxylation is 2. The number of carbonyl (C=O) groups excluding carboxylic acids is 2. The van der Waals surface area contributed by atoms with Crippen molar-refractivity contribution in [2.45, 2.75) is 50.9 Å². The Bertz CT molecular complexity index is 1490.